The Balaban J connectivity index is 1.51. The molecular formula is C22H21N3O8. The van der Waals surface area contributed by atoms with E-state index in [1.165, 1.54) is 47.4 Å². The monoisotopic (exact) mass is 455 g/mol. The van der Waals surface area contributed by atoms with Crippen LogP contribution in [-0.4, -0.2) is 48.4 Å². The normalized spacial score (nSPS) is 15.1. The number of nitrogens with zero attached hydrogens (tertiary/aromatic N) is 2. The van der Waals surface area contributed by atoms with Crippen molar-refractivity contribution in [2.75, 3.05) is 30.0 Å². The van der Waals surface area contributed by atoms with Crippen molar-refractivity contribution < 1.29 is 33.6 Å². The lowest BCUT2D eigenvalue weighted by Crippen LogP contribution is -2.28. The summed E-state index contributed by atoms with van der Waals surface area (Å²) < 4.78 is 9.92. The molecule has 11 heteroatoms. The maximum atomic E-state index is 12.3. The molecule has 0 spiro atoms. The number of ether oxygens (including phenoxy) is 2. The summed E-state index contributed by atoms with van der Waals surface area (Å²) in [4.78, 5) is 60.0. The molecule has 1 fully saturated rings. The van der Waals surface area contributed by atoms with Crippen LogP contribution in [0.15, 0.2) is 48.5 Å². The number of non-ortho nitro benzene ring substituents is 1. The minimum Gasteiger partial charge on any atom is -0.462 e. The summed E-state index contributed by atoms with van der Waals surface area (Å²) in [6.45, 7) is 1.38. The molecule has 2 aromatic carbocycles. The Morgan fingerprint density at radius 1 is 1.15 bits per heavy atom. The number of carbonyl (C=O) groups is 4. The lowest BCUT2D eigenvalue weighted by atomic mass is 10.1. The van der Waals surface area contributed by atoms with Gasteiger partial charge in [0.1, 0.15) is 0 Å². The van der Waals surface area contributed by atoms with Crippen molar-refractivity contribution in [1.29, 1.82) is 0 Å². The van der Waals surface area contributed by atoms with Crippen LogP contribution in [0.1, 0.15) is 23.7 Å². The molecule has 1 heterocycles. The standard InChI is InChI=1S/C22H21N3O8/c1-2-32-21(28)14-6-8-16(9-7-14)23-19(26)13-33-22(29)15-10-20(27)24(12-15)17-4-3-5-18(11-17)25(30)31/h3-9,11,15H,2,10,12-13H2,1H3,(H,23,26)/t15-/m0/s1. The highest BCUT2D eigenvalue weighted by Crippen LogP contribution is 2.28. The SMILES string of the molecule is CCOC(=O)c1ccc(NC(=O)COC(=O)[C@H]2CC(=O)N(c3cccc([N+](=O)[O-])c3)C2)cc1. The first-order chi connectivity index (χ1) is 15.8. The Morgan fingerprint density at radius 2 is 1.88 bits per heavy atom. The number of esters is 2. The van der Waals surface area contributed by atoms with Crippen LogP contribution in [0.5, 0.6) is 0 Å². The first-order valence-corrected chi connectivity index (χ1v) is 10.1. The molecule has 3 rings (SSSR count). The Hall–Kier alpha value is -4.28. The van der Waals surface area contributed by atoms with Gasteiger partial charge in [0.2, 0.25) is 5.91 Å². The van der Waals surface area contributed by atoms with Crippen molar-refractivity contribution in [3.63, 3.8) is 0 Å². The predicted molar refractivity (Wildman–Crippen MR) is 116 cm³/mol. The number of nitro groups is 1. The highest BCUT2D eigenvalue weighted by molar-refractivity contribution is 6.00. The van der Waals surface area contributed by atoms with E-state index in [2.05, 4.69) is 5.32 Å². The van der Waals surface area contributed by atoms with E-state index in [9.17, 15) is 29.3 Å². The van der Waals surface area contributed by atoms with Gasteiger partial charge in [-0.2, -0.15) is 0 Å². The molecule has 0 saturated carbocycles. The molecule has 1 N–H and O–H groups in total. The summed E-state index contributed by atoms with van der Waals surface area (Å²) in [5.74, 6) is -2.96. The number of hydrogen-bond donors (Lipinski definition) is 1. The molecule has 0 radical (unpaired) electrons. The largest absolute Gasteiger partial charge is 0.462 e. The Labute approximate surface area is 188 Å². The van der Waals surface area contributed by atoms with E-state index >= 15 is 0 Å². The molecule has 2 aromatic rings. The minimum atomic E-state index is -0.798. The summed E-state index contributed by atoms with van der Waals surface area (Å²) >= 11 is 0. The highest BCUT2D eigenvalue weighted by Gasteiger charge is 2.36. The van der Waals surface area contributed by atoms with Gasteiger partial charge in [0.25, 0.3) is 11.6 Å². The van der Waals surface area contributed by atoms with Gasteiger partial charge in [-0.1, -0.05) is 6.07 Å². The summed E-state index contributed by atoms with van der Waals surface area (Å²) in [7, 11) is 0. The number of anilines is 2. The first kappa shape index (κ1) is 23.4. The van der Waals surface area contributed by atoms with Crippen LogP contribution >= 0.6 is 0 Å². The summed E-state index contributed by atoms with van der Waals surface area (Å²) in [5.41, 5.74) is 0.879. The third kappa shape index (κ3) is 5.91. The second kappa shape index (κ2) is 10.4. The van der Waals surface area contributed by atoms with Crippen LogP contribution < -0.4 is 10.2 Å². The fourth-order valence-electron chi connectivity index (χ4n) is 3.25. The summed E-state index contributed by atoms with van der Waals surface area (Å²) in [5, 5.41) is 13.5. The van der Waals surface area contributed by atoms with Crippen LogP contribution in [0.3, 0.4) is 0 Å². The second-order valence-electron chi connectivity index (χ2n) is 7.14. The van der Waals surface area contributed by atoms with Gasteiger partial charge in [0.15, 0.2) is 6.61 Å². The van der Waals surface area contributed by atoms with Crippen LogP contribution in [-0.2, 0) is 23.9 Å². The average molecular weight is 455 g/mol. The lowest BCUT2D eigenvalue weighted by Gasteiger charge is -2.16. The van der Waals surface area contributed by atoms with Crippen molar-refractivity contribution in [3.05, 3.63) is 64.2 Å². The highest BCUT2D eigenvalue weighted by atomic mass is 16.6. The van der Waals surface area contributed by atoms with Gasteiger partial charge in [-0.3, -0.25) is 24.5 Å². The van der Waals surface area contributed by atoms with Gasteiger partial charge in [0, 0.05) is 30.8 Å². The number of amides is 2. The van der Waals surface area contributed by atoms with Gasteiger partial charge in [0.05, 0.1) is 28.7 Å². The summed E-state index contributed by atoms with van der Waals surface area (Å²) in [6, 6.07) is 11.6. The minimum absolute atomic E-state index is 0.00419. The number of nitro benzene ring substituents is 1. The van der Waals surface area contributed by atoms with E-state index in [0.29, 0.717) is 16.9 Å². The molecule has 1 saturated heterocycles. The van der Waals surface area contributed by atoms with Crippen LogP contribution in [0.25, 0.3) is 0 Å². The van der Waals surface area contributed by atoms with Crippen molar-refractivity contribution in [2.24, 2.45) is 5.92 Å². The van der Waals surface area contributed by atoms with Gasteiger partial charge in [-0.25, -0.2) is 4.79 Å². The molecule has 1 atom stereocenters. The molecule has 0 bridgehead atoms. The Morgan fingerprint density at radius 3 is 2.55 bits per heavy atom. The van der Waals surface area contributed by atoms with Crippen LogP contribution in [0.2, 0.25) is 0 Å². The smallest absolute Gasteiger partial charge is 0.338 e. The topological polar surface area (TPSA) is 145 Å². The maximum absolute atomic E-state index is 12.3. The maximum Gasteiger partial charge on any atom is 0.338 e. The fourth-order valence-corrected chi connectivity index (χ4v) is 3.25. The van der Waals surface area contributed by atoms with Gasteiger partial charge in [-0.05, 0) is 37.3 Å². The lowest BCUT2D eigenvalue weighted by molar-refractivity contribution is -0.384. The van der Waals surface area contributed by atoms with Crippen molar-refractivity contribution in [1.82, 2.24) is 0 Å². The predicted octanol–water partition coefficient (Wildman–Crippen LogP) is 2.31. The number of nitrogens with one attached hydrogen (secondary N) is 1. The third-order valence-corrected chi connectivity index (χ3v) is 4.84. The van der Waals surface area contributed by atoms with Crippen molar-refractivity contribution >= 4 is 40.8 Å². The van der Waals surface area contributed by atoms with E-state index in [0.717, 1.165) is 0 Å². The Bertz CT molecular complexity index is 1080. The molecule has 0 aliphatic carbocycles. The number of hydrogen-bond acceptors (Lipinski definition) is 8. The van der Waals surface area contributed by atoms with Crippen molar-refractivity contribution in [2.45, 2.75) is 13.3 Å². The Kier molecular flexibility index (Phi) is 7.34. The van der Waals surface area contributed by atoms with Gasteiger partial charge < -0.3 is 19.7 Å². The van der Waals surface area contributed by atoms with Crippen LogP contribution in [0.4, 0.5) is 17.1 Å². The molecular weight excluding hydrogens is 434 g/mol. The number of rotatable bonds is 8. The quantitative estimate of drug-likeness (QED) is 0.363. The molecule has 33 heavy (non-hydrogen) atoms. The summed E-state index contributed by atoms with van der Waals surface area (Å²) in [6.07, 6.45) is -0.127. The van der Waals surface area contributed by atoms with E-state index in [1.54, 1.807) is 13.0 Å². The molecule has 1 aliphatic heterocycles. The van der Waals surface area contributed by atoms with Crippen LogP contribution in [0, 0.1) is 16.0 Å². The van der Waals surface area contributed by atoms with E-state index in [-0.39, 0.29) is 31.2 Å². The molecule has 2 amide bonds. The molecule has 0 unspecified atom stereocenters. The van der Waals surface area contributed by atoms with E-state index < -0.39 is 35.3 Å². The molecule has 1 aliphatic rings. The average Bonchev–Trinajstić information content (AvgIpc) is 3.20. The van der Waals surface area contributed by atoms with Gasteiger partial charge in [-0.15, -0.1) is 0 Å². The molecule has 11 nitrogen and oxygen atoms in total. The number of carbonyl (C=O) groups excluding carboxylic acids is 4. The van der Waals surface area contributed by atoms with E-state index in [4.69, 9.17) is 9.47 Å². The fraction of sp³-hybridized carbons (Fsp3) is 0.273. The first-order valence-electron chi connectivity index (χ1n) is 10.1. The van der Waals surface area contributed by atoms with Crippen molar-refractivity contribution in [3.8, 4) is 0 Å². The number of benzene rings is 2. The molecule has 172 valence electrons. The zero-order valence-electron chi connectivity index (χ0n) is 17.7. The van der Waals surface area contributed by atoms with E-state index in [1.807, 2.05) is 0 Å². The third-order valence-electron chi connectivity index (χ3n) is 4.84. The molecule has 0 aromatic heterocycles. The zero-order chi connectivity index (χ0) is 24.0. The second-order valence-corrected chi connectivity index (χ2v) is 7.14. The zero-order valence-corrected chi connectivity index (χ0v) is 17.7. The van der Waals surface area contributed by atoms with Gasteiger partial charge >= 0.3 is 11.9 Å².